The number of benzene rings is 2. The smallest absolute Gasteiger partial charge is 0.241 e. The molecule has 0 unspecified atom stereocenters. The van der Waals surface area contributed by atoms with E-state index in [1.807, 2.05) is 61.5 Å². The van der Waals surface area contributed by atoms with Crippen molar-refractivity contribution in [2.24, 2.45) is 0 Å². The van der Waals surface area contributed by atoms with Crippen molar-refractivity contribution in [1.29, 1.82) is 0 Å². The first kappa shape index (κ1) is 20.2. The van der Waals surface area contributed by atoms with Crippen LogP contribution in [-0.4, -0.2) is 68.2 Å². The molecule has 0 spiro atoms. The Morgan fingerprint density at radius 2 is 1.71 bits per heavy atom. The molecule has 6 nitrogen and oxygen atoms in total. The highest BCUT2D eigenvalue weighted by Gasteiger charge is 2.26. The molecule has 1 aliphatic rings. The minimum Gasteiger partial charge on any atom is -0.495 e. The molecule has 1 atom stereocenters. The van der Waals surface area contributed by atoms with Gasteiger partial charge in [-0.15, -0.1) is 0 Å². The molecular weight excluding hydrogens is 354 g/mol. The van der Waals surface area contributed by atoms with Crippen molar-refractivity contribution in [2.75, 3.05) is 51.8 Å². The Morgan fingerprint density at radius 3 is 2.43 bits per heavy atom. The lowest BCUT2D eigenvalue weighted by Gasteiger charge is -2.37. The normalized spacial score (nSPS) is 16.4. The molecule has 1 amide bonds. The zero-order valence-corrected chi connectivity index (χ0v) is 16.6. The first-order chi connectivity index (χ1) is 13.7. The van der Waals surface area contributed by atoms with Crippen LogP contribution in [0.15, 0.2) is 54.6 Å². The van der Waals surface area contributed by atoms with Gasteiger partial charge in [0.2, 0.25) is 5.91 Å². The van der Waals surface area contributed by atoms with Gasteiger partial charge in [-0.3, -0.25) is 14.6 Å². The second kappa shape index (κ2) is 10.1. The number of nitrogens with one attached hydrogen (secondary N) is 1. The molecule has 2 aromatic rings. The molecule has 0 saturated carbocycles. The van der Waals surface area contributed by atoms with Gasteiger partial charge in [0.15, 0.2) is 0 Å². The summed E-state index contributed by atoms with van der Waals surface area (Å²) in [5.41, 5.74) is 0.707. The Hall–Kier alpha value is -2.57. The van der Waals surface area contributed by atoms with E-state index in [4.69, 9.17) is 9.47 Å². The van der Waals surface area contributed by atoms with E-state index in [1.165, 1.54) is 0 Å². The van der Waals surface area contributed by atoms with Gasteiger partial charge < -0.3 is 14.8 Å². The van der Waals surface area contributed by atoms with Gasteiger partial charge in [0, 0.05) is 32.7 Å². The van der Waals surface area contributed by atoms with E-state index < -0.39 is 0 Å². The lowest BCUT2D eigenvalue weighted by atomic mass is 10.2. The Bertz CT molecular complexity index is 746. The minimum atomic E-state index is -0.187. The second-order valence-corrected chi connectivity index (χ2v) is 6.90. The van der Waals surface area contributed by atoms with Crippen LogP contribution in [0, 0.1) is 0 Å². The molecule has 2 aromatic carbocycles. The Morgan fingerprint density at radius 1 is 1.04 bits per heavy atom. The molecule has 1 aliphatic heterocycles. The lowest BCUT2D eigenvalue weighted by Crippen LogP contribution is -2.53. The summed E-state index contributed by atoms with van der Waals surface area (Å²) in [4.78, 5) is 17.2. The summed E-state index contributed by atoms with van der Waals surface area (Å²) in [6, 6.07) is 17.2. The van der Waals surface area contributed by atoms with Crippen LogP contribution in [0.1, 0.15) is 6.92 Å². The number of anilines is 1. The standard InChI is InChI=1S/C22H29N3O3/c1-18(22(26)23-20-10-6-7-11-21(20)27-2)25-14-12-24(13-15-25)16-17-28-19-8-4-3-5-9-19/h3-11,18H,12-17H2,1-2H3,(H,23,26)/t18-/m0/s1. The summed E-state index contributed by atoms with van der Waals surface area (Å²) in [6.07, 6.45) is 0. The third kappa shape index (κ3) is 5.47. The largest absolute Gasteiger partial charge is 0.495 e. The second-order valence-electron chi connectivity index (χ2n) is 6.90. The van der Waals surface area contributed by atoms with Gasteiger partial charge >= 0.3 is 0 Å². The van der Waals surface area contributed by atoms with E-state index in [9.17, 15) is 4.79 Å². The maximum Gasteiger partial charge on any atom is 0.241 e. The van der Waals surface area contributed by atoms with Crippen LogP contribution in [-0.2, 0) is 4.79 Å². The monoisotopic (exact) mass is 383 g/mol. The zero-order chi connectivity index (χ0) is 19.8. The minimum absolute atomic E-state index is 0.00893. The SMILES string of the molecule is COc1ccccc1NC(=O)[C@H](C)N1CCN(CCOc2ccccc2)CC1. The van der Waals surface area contributed by atoms with Crippen LogP contribution in [0.4, 0.5) is 5.69 Å². The number of ether oxygens (including phenoxy) is 2. The van der Waals surface area contributed by atoms with Gasteiger partial charge in [-0.2, -0.15) is 0 Å². The number of para-hydroxylation sites is 3. The number of carbonyl (C=O) groups excluding carboxylic acids is 1. The number of amides is 1. The molecule has 28 heavy (non-hydrogen) atoms. The number of carbonyl (C=O) groups is 1. The number of methoxy groups -OCH3 is 1. The molecule has 0 radical (unpaired) electrons. The van der Waals surface area contributed by atoms with E-state index in [1.54, 1.807) is 7.11 Å². The van der Waals surface area contributed by atoms with Crippen molar-refractivity contribution in [3.05, 3.63) is 54.6 Å². The molecule has 150 valence electrons. The highest BCUT2D eigenvalue weighted by molar-refractivity contribution is 5.95. The van der Waals surface area contributed by atoms with E-state index >= 15 is 0 Å². The lowest BCUT2D eigenvalue weighted by molar-refractivity contribution is -0.121. The number of hydrogen-bond acceptors (Lipinski definition) is 5. The Balaban J connectivity index is 1.41. The fourth-order valence-electron chi connectivity index (χ4n) is 3.33. The van der Waals surface area contributed by atoms with E-state index in [0.717, 1.165) is 38.5 Å². The maximum absolute atomic E-state index is 12.6. The van der Waals surface area contributed by atoms with Crippen LogP contribution in [0.25, 0.3) is 0 Å². The maximum atomic E-state index is 12.6. The molecular formula is C22H29N3O3. The van der Waals surface area contributed by atoms with Crippen LogP contribution < -0.4 is 14.8 Å². The Kier molecular flexibility index (Phi) is 7.28. The molecule has 0 aromatic heterocycles. The number of nitrogens with zero attached hydrogens (tertiary/aromatic N) is 2. The fraction of sp³-hybridized carbons (Fsp3) is 0.409. The first-order valence-corrected chi connectivity index (χ1v) is 9.75. The van der Waals surface area contributed by atoms with Crippen LogP contribution >= 0.6 is 0 Å². The van der Waals surface area contributed by atoms with Crippen molar-refractivity contribution >= 4 is 11.6 Å². The molecule has 3 rings (SSSR count). The van der Waals surface area contributed by atoms with Crippen LogP contribution in [0.5, 0.6) is 11.5 Å². The van der Waals surface area contributed by atoms with Gasteiger partial charge in [-0.25, -0.2) is 0 Å². The van der Waals surface area contributed by atoms with Crippen LogP contribution in [0.3, 0.4) is 0 Å². The summed E-state index contributed by atoms with van der Waals surface area (Å²) in [5.74, 6) is 1.57. The van der Waals surface area contributed by atoms with Crippen LogP contribution in [0.2, 0.25) is 0 Å². The molecule has 1 heterocycles. The van der Waals surface area contributed by atoms with E-state index in [2.05, 4.69) is 15.1 Å². The van der Waals surface area contributed by atoms with Crippen molar-refractivity contribution in [3.63, 3.8) is 0 Å². The first-order valence-electron chi connectivity index (χ1n) is 9.75. The van der Waals surface area contributed by atoms with Crippen molar-refractivity contribution < 1.29 is 14.3 Å². The number of rotatable bonds is 8. The summed E-state index contributed by atoms with van der Waals surface area (Å²) in [7, 11) is 1.61. The third-order valence-corrected chi connectivity index (χ3v) is 5.12. The van der Waals surface area contributed by atoms with Crippen molar-refractivity contribution in [1.82, 2.24) is 9.80 Å². The summed E-state index contributed by atoms with van der Waals surface area (Å²) < 4.78 is 11.1. The topological polar surface area (TPSA) is 54.0 Å². The van der Waals surface area contributed by atoms with Gasteiger partial charge in [-0.1, -0.05) is 30.3 Å². The quantitative estimate of drug-likeness (QED) is 0.760. The number of hydrogen-bond donors (Lipinski definition) is 1. The van der Waals surface area contributed by atoms with Gasteiger partial charge in [-0.05, 0) is 31.2 Å². The van der Waals surface area contributed by atoms with Gasteiger partial charge in [0.1, 0.15) is 18.1 Å². The molecule has 6 heteroatoms. The van der Waals surface area contributed by atoms with Gasteiger partial charge in [0.25, 0.3) is 0 Å². The van der Waals surface area contributed by atoms with E-state index in [-0.39, 0.29) is 11.9 Å². The average molecular weight is 383 g/mol. The highest BCUT2D eigenvalue weighted by atomic mass is 16.5. The summed E-state index contributed by atoms with van der Waals surface area (Å²) in [5, 5.41) is 2.98. The molecule has 1 fully saturated rings. The van der Waals surface area contributed by atoms with Gasteiger partial charge in [0.05, 0.1) is 18.8 Å². The summed E-state index contributed by atoms with van der Waals surface area (Å²) >= 11 is 0. The highest BCUT2D eigenvalue weighted by Crippen LogP contribution is 2.23. The predicted octanol–water partition coefficient (Wildman–Crippen LogP) is 2.72. The predicted molar refractivity (Wildman–Crippen MR) is 111 cm³/mol. The summed E-state index contributed by atoms with van der Waals surface area (Å²) in [6.45, 7) is 7.13. The zero-order valence-electron chi connectivity index (χ0n) is 16.6. The molecule has 0 aliphatic carbocycles. The van der Waals surface area contributed by atoms with Crippen molar-refractivity contribution in [2.45, 2.75) is 13.0 Å². The third-order valence-electron chi connectivity index (χ3n) is 5.12. The molecule has 1 N–H and O–H groups in total. The average Bonchev–Trinajstić information content (AvgIpc) is 2.75. The molecule has 0 bridgehead atoms. The molecule has 1 saturated heterocycles. The number of piperazine rings is 1. The Labute approximate surface area is 167 Å². The fourth-order valence-corrected chi connectivity index (χ4v) is 3.33. The van der Waals surface area contributed by atoms with E-state index in [0.29, 0.717) is 18.0 Å². The van der Waals surface area contributed by atoms with Crippen molar-refractivity contribution in [3.8, 4) is 11.5 Å².